The minimum atomic E-state index is -0.313. The number of para-hydroxylation sites is 1. The zero-order chi connectivity index (χ0) is 21.6. The number of carbonyl (C=O) groups is 2. The second-order valence-corrected chi connectivity index (χ2v) is 8.40. The highest BCUT2D eigenvalue weighted by atomic mass is 79.9. The van der Waals surface area contributed by atoms with Gasteiger partial charge in [-0.2, -0.15) is 0 Å². The first-order valence-corrected chi connectivity index (χ1v) is 11.0. The molecular weight excluding hydrogens is 456 g/mol. The van der Waals surface area contributed by atoms with E-state index in [1.165, 1.54) is 5.56 Å². The Morgan fingerprint density at radius 3 is 2.45 bits per heavy atom. The Balaban J connectivity index is 1.39. The first kappa shape index (κ1) is 21.1. The topological polar surface area (TPSA) is 58.6 Å². The summed E-state index contributed by atoms with van der Waals surface area (Å²) in [6, 6.07) is 24.7. The van der Waals surface area contributed by atoms with Crippen LogP contribution >= 0.6 is 15.9 Å². The van der Waals surface area contributed by atoms with Crippen LogP contribution in [0.2, 0.25) is 0 Å². The molecule has 5 nitrogen and oxygen atoms in total. The SMILES string of the molecule is O=C(COc1ccc(Br)cc1)Nc1ccccc1C(=O)N1CCC(c2ccccc2)C1. The van der Waals surface area contributed by atoms with Crippen LogP contribution in [0, 0.1) is 0 Å². The smallest absolute Gasteiger partial charge is 0.262 e. The van der Waals surface area contributed by atoms with Gasteiger partial charge in [0.15, 0.2) is 6.61 Å². The molecule has 1 N–H and O–H groups in total. The number of amides is 2. The maximum Gasteiger partial charge on any atom is 0.262 e. The lowest BCUT2D eigenvalue weighted by molar-refractivity contribution is -0.118. The molecule has 0 aliphatic carbocycles. The Hall–Kier alpha value is -3.12. The van der Waals surface area contributed by atoms with Gasteiger partial charge in [0.2, 0.25) is 0 Å². The maximum absolute atomic E-state index is 13.2. The van der Waals surface area contributed by atoms with E-state index in [-0.39, 0.29) is 18.4 Å². The summed E-state index contributed by atoms with van der Waals surface area (Å²) in [6.45, 7) is 1.25. The van der Waals surface area contributed by atoms with Crippen molar-refractivity contribution in [3.05, 3.63) is 94.5 Å². The van der Waals surface area contributed by atoms with Gasteiger partial charge in [0.05, 0.1) is 11.3 Å². The number of rotatable bonds is 6. The molecule has 2 amide bonds. The molecule has 3 aromatic carbocycles. The number of halogens is 1. The lowest BCUT2D eigenvalue weighted by atomic mass is 9.99. The normalized spacial score (nSPS) is 15.5. The molecule has 31 heavy (non-hydrogen) atoms. The third-order valence-electron chi connectivity index (χ3n) is 5.36. The summed E-state index contributed by atoms with van der Waals surface area (Å²) < 4.78 is 6.47. The van der Waals surface area contributed by atoms with Crippen LogP contribution in [-0.2, 0) is 4.79 Å². The third-order valence-corrected chi connectivity index (χ3v) is 5.89. The number of nitrogens with zero attached hydrogens (tertiary/aromatic N) is 1. The highest BCUT2D eigenvalue weighted by Crippen LogP contribution is 2.29. The van der Waals surface area contributed by atoms with E-state index in [4.69, 9.17) is 4.74 Å². The van der Waals surface area contributed by atoms with Crippen LogP contribution in [0.3, 0.4) is 0 Å². The van der Waals surface area contributed by atoms with Gasteiger partial charge < -0.3 is 15.0 Å². The van der Waals surface area contributed by atoms with Gasteiger partial charge in [0.25, 0.3) is 11.8 Å². The molecule has 1 atom stereocenters. The van der Waals surface area contributed by atoms with Crippen LogP contribution in [0.5, 0.6) is 5.75 Å². The van der Waals surface area contributed by atoms with Gasteiger partial charge >= 0.3 is 0 Å². The minimum Gasteiger partial charge on any atom is -0.484 e. The summed E-state index contributed by atoms with van der Waals surface area (Å²) in [5.41, 5.74) is 2.25. The van der Waals surface area contributed by atoms with Gasteiger partial charge in [-0.15, -0.1) is 0 Å². The highest BCUT2D eigenvalue weighted by Gasteiger charge is 2.29. The monoisotopic (exact) mass is 478 g/mol. The van der Waals surface area contributed by atoms with Crippen molar-refractivity contribution in [2.24, 2.45) is 0 Å². The first-order chi connectivity index (χ1) is 15.1. The van der Waals surface area contributed by atoms with E-state index in [1.54, 1.807) is 30.3 Å². The third kappa shape index (κ3) is 5.33. The van der Waals surface area contributed by atoms with Crippen molar-refractivity contribution in [2.45, 2.75) is 12.3 Å². The largest absolute Gasteiger partial charge is 0.484 e. The van der Waals surface area contributed by atoms with Crippen molar-refractivity contribution in [1.82, 2.24) is 4.90 Å². The molecule has 1 aliphatic rings. The van der Waals surface area contributed by atoms with E-state index in [9.17, 15) is 9.59 Å². The number of likely N-dealkylation sites (tertiary alicyclic amines) is 1. The molecule has 0 spiro atoms. The van der Waals surface area contributed by atoms with Crippen molar-refractivity contribution in [3.8, 4) is 5.75 Å². The van der Waals surface area contributed by atoms with Gasteiger partial charge in [0, 0.05) is 23.5 Å². The predicted octanol–water partition coefficient (Wildman–Crippen LogP) is 5.10. The van der Waals surface area contributed by atoms with Crippen LogP contribution < -0.4 is 10.1 Å². The molecule has 1 fully saturated rings. The number of ether oxygens (including phenoxy) is 1. The molecule has 6 heteroatoms. The van der Waals surface area contributed by atoms with Gasteiger partial charge in [-0.3, -0.25) is 9.59 Å². The van der Waals surface area contributed by atoms with Crippen molar-refractivity contribution in [2.75, 3.05) is 25.0 Å². The molecule has 0 bridgehead atoms. The van der Waals surface area contributed by atoms with E-state index in [2.05, 4.69) is 33.4 Å². The average molecular weight is 479 g/mol. The number of anilines is 1. The first-order valence-electron chi connectivity index (χ1n) is 10.2. The highest BCUT2D eigenvalue weighted by molar-refractivity contribution is 9.10. The molecule has 1 saturated heterocycles. The van der Waals surface area contributed by atoms with Gasteiger partial charge in [-0.05, 0) is 48.4 Å². The van der Waals surface area contributed by atoms with Crippen LogP contribution in [0.25, 0.3) is 0 Å². The average Bonchev–Trinajstić information content (AvgIpc) is 3.30. The van der Waals surface area contributed by atoms with Crippen LogP contribution in [0.15, 0.2) is 83.3 Å². The summed E-state index contributed by atoms with van der Waals surface area (Å²) in [5, 5.41) is 2.82. The molecule has 0 saturated carbocycles. The van der Waals surface area contributed by atoms with Crippen molar-refractivity contribution in [3.63, 3.8) is 0 Å². The van der Waals surface area contributed by atoms with Crippen LogP contribution in [0.1, 0.15) is 28.3 Å². The standard InChI is InChI=1S/C25H23BrN2O3/c26-20-10-12-21(13-11-20)31-17-24(29)27-23-9-5-4-8-22(23)25(30)28-15-14-19(16-28)18-6-2-1-3-7-18/h1-13,19H,14-17H2,(H,27,29). The maximum atomic E-state index is 13.2. The molecule has 4 rings (SSSR count). The molecule has 1 heterocycles. The van der Waals surface area contributed by atoms with Crippen molar-refractivity contribution >= 4 is 33.4 Å². The lowest BCUT2D eigenvalue weighted by Gasteiger charge is -2.19. The summed E-state index contributed by atoms with van der Waals surface area (Å²) in [6.07, 6.45) is 0.936. The quantitative estimate of drug-likeness (QED) is 0.536. The number of benzene rings is 3. The molecule has 0 aromatic heterocycles. The Morgan fingerprint density at radius 2 is 1.68 bits per heavy atom. The zero-order valence-electron chi connectivity index (χ0n) is 17.0. The second kappa shape index (κ2) is 9.79. The zero-order valence-corrected chi connectivity index (χ0v) is 18.5. The van der Waals surface area contributed by atoms with E-state index in [0.717, 1.165) is 10.9 Å². The van der Waals surface area contributed by atoms with Gasteiger partial charge in [-0.1, -0.05) is 58.4 Å². The van der Waals surface area contributed by atoms with Crippen LogP contribution in [-0.4, -0.2) is 36.4 Å². The Bertz CT molecular complexity index is 1050. The number of hydrogen-bond acceptors (Lipinski definition) is 3. The molecule has 158 valence electrons. The summed E-state index contributed by atoms with van der Waals surface area (Å²) in [4.78, 5) is 27.5. The summed E-state index contributed by atoms with van der Waals surface area (Å²) in [5.74, 6) is 0.563. The van der Waals surface area contributed by atoms with Crippen molar-refractivity contribution in [1.29, 1.82) is 0 Å². The fourth-order valence-electron chi connectivity index (χ4n) is 3.76. The molecule has 1 aliphatic heterocycles. The van der Waals surface area contributed by atoms with E-state index < -0.39 is 0 Å². The number of carbonyl (C=O) groups excluding carboxylic acids is 2. The fourth-order valence-corrected chi connectivity index (χ4v) is 4.02. The van der Waals surface area contributed by atoms with Gasteiger partial charge in [0.1, 0.15) is 5.75 Å². The minimum absolute atomic E-state index is 0.0665. The van der Waals surface area contributed by atoms with Gasteiger partial charge in [-0.25, -0.2) is 0 Å². The summed E-state index contributed by atoms with van der Waals surface area (Å²) in [7, 11) is 0. The molecule has 1 unspecified atom stereocenters. The van der Waals surface area contributed by atoms with Crippen molar-refractivity contribution < 1.29 is 14.3 Å². The van der Waals surface area contributed by atoms with E-state index in [0.29, 0.717) is 36.0 Å². The fraction of sp³-hybridized carbons (Fsp3) is 0.200. The predicted molar refractivity (Wildman–Crippen MR) is 124 cm³/mol. The molecule has 0 radical (unpaired) electrons. The van der Waals surface area contributed by atoms with Crippen LogP contribution in [0.4, 0.5) is 5.69 Å². The lowest BCUT2D eigenvalue weighted by Crippen LogP contribution is -2.30. The molecule has 3 aromatic rings. The number of hydrogen-bond donors (Lipinski definition) is 1. The second-order valence-electron chi connectivity index (χ2n) is 7.48. The van der Waals surface area contributed by atoms with E-state index in [1.807, 2.05) is 41.3 Å². The Kier molecular flexibility index (Phi) is 6.67. The Labute approximate surface area is 190 Å². The molecular formula is C25H23BrN2O3. The summed E-state index contributed by atoms with van der Waals surface area (Å²) >= 11 is 3.37. The Morgan fingerprint density at radius 1 is 0.968 bits per heavy atom. The number of nitrogens with one attached hydrogen (secondary N) is 1. The van der Waals surface area contributed by atoms with E-state index >= 15 is 0 Å².